The molecule has 100 valence electrons. The van der Waals surface area contributed by atoms with Crippen LogP contribution in [-0.4, -0.2) is 5.11 Å². The molecule has 0 saturated heterocycles. The minimum atomic E-state index is -0.890. The molecule has 1 unspecified atom stereocenters. The van der Waals surface area contributed by atoms with Gasteiger partial charge in [-0.05, 0) is 24.3 Å². The Bertz CT molecular complexity index is 381. The predicted molar refractivity (Wildman–Crippen MR) is 74.9 cm³/mol. The number of ether oxygens (including phenoxy) is 1. The van der Waals surface area contributed by atoms with Crippen molar-refractivity contribution in [3.8, 4) is 0 Å². The number of aliphatic hydroxyl groups is 1. The Kier molecular flexibility index (Phi) is 5.42. The van der Waals surface area contributed by atoms with Gasteiger partial charge < -0.3 is 9.84 Å². The average molecular weight is 248 g/mol. The van der Waals surface area contributed by atoms with E-state index in [1.807, 2.05) is 37.3 Å². The molecule has 0 heterocycles. The summed E-state index contributed by atoms with van der Waals surface area (Å²) in [6, 6.07) is 9.44. The van der Waals surface area contributed by atoms with Crippen molar-refractivity contribution in [2.75, 3.05) is 0 Å². The van der Waals surface area contributed by atoms with E-state index < -0.39 is 6.29 Å². The molecular formula is C16H24O2. The van der Waals surface area contributed by atoms with Crippen LogP contribution in [-0.2, 0) is 4.74 Å². The predicted octanol–water partition coefficient (Wildman–Crippen LogP) is 4.28. The van der Waals surface area contributed by atoms with E-state index in [-0.39, 0.29) is 0 Å². The minimum absolute atomic E-state index is 0.424. The Balaban J connectivity index is 2.86. The van der Waals surface area contributed by atoms with Crippen LogP contribution in [0.25, 0.3) is 0 Å². The molecule has 0 fully saturated rings. The van der Waals surface area contributed by atoms with Gasteiger partial charge in [0, 0.05) is 5.56 Å². The molecule has 1 N–H and O–H groups in total. The summed E-state index contributed by atoms with van der Waals surface area (Å²) < 4.78 is 5.66. The Hall–Kier alpha value is -1.28. The lowest BCUT2D eigenvalue weighted by Crippen LogP contribution is -2.10. The summed E-state index contributed by atoms with van der Waals surface area (Å²) in [5, 5.41) is 10.0. The van der Waals surface area contributed by atoms with Gasteiger partial charge in [0.1, 0.15) is 0 Å². The fourth-order valence-electron chi connectivity index (χ4n) is 2.40. The molecule has 0 spiro atoms. The van der Waals surface area contributed by atoms with Crippen LogP contribution in [0.1, 0.15) is 46.5 Å². The standard InChI is InChI=1S/C16H24O2/c1-11(2)15(12(3)4)13(5)18-16(17)14-9-7-6-8-10-14/h6-12,16-17H,1-5H3. The quantitative estimate of drug-likeness (QED) is 0.622. The maximum atomic E-state index is 10.0. The molecule has 2 heteroatoms. The number of hydrogen-bond acceptors (Lipinski definition) is 2. The first-order valence-corrected chi connectivity index (χ1v) is 6.53. The van der Waals surface area contributed by atoms with Gasteiger partial charge in [0.2, 0.25) is 6.29 Å². The smallest absolute Gasteiger partial charge is 0.223 e. The molecule has 0 amide bonds. The lowest BCUT2D eigenvalue weighted by Gasteiger charge is -2.22. The maximum Gasteiger partial charge on any atom is 0.223 e. The van der Waals surface area contributed by atoms with Gasteiger partial charge in [-0.2, -0.15) is 0 Å². The van der Waals surface area contributed by atoms with E-state index in [9.17, 15) is 5.11 Å². The van der Waals surface area contributed by atoms with Crippen molar-refractivity contribution in [1.29, 1.82) is 0 Å². The molecule has 1 aromatic carbocycles. The highest BCUT2D eigenvalue weighted by atomic mass is 16.6. The van der Waals surface area contributed by atoms with Crippen LogP contribution in [0.2, 0.25) is 0 Å². The van der Waals surface area contributed by atoms with Crippen molar-refractivity contribution >= 4 is 0 Å². The third-order valence-corrected chi connectivity index (χ3v) is 3.02. The van der Waals surface area contributed by atoms with Crippen LogP contribution in [0.4, 0.5) is 0 Å². The third kappa shape index (κ3) is 3.88. The molecule has 2 nitrogen and oxygen atoms in total. The molecule has 1 atom stereocenters. The van der Waals surface area contributed by atoms with Crippen LogP contribution in [0, 0.1) is 11.8 Å². The van der Waals surface area contributed by atoms with Crippen molar-refractivity contribution in [3.63, 3.8) is 0 Å². The van der Waals surface area contributed by atoms with E-state index in [0.717, 1.165) is 11.3 Å². The van der Waals surface area contributed by atoms with Crippen molar-refractivity contribution in [3.05, 3.63) is 47.2 Å². The molecule has 0 aliphatic rings. The molecule has 0 aromatic heterocycles. The summed E-state index contributed by atoms with van der Waals surface area (Å²) in [7, 11) is 0. The van der Waals surface area contributed by atoms with E-state index in [1.165, 1.54) is 5.57 Å². The second-order valence-corrected chi connectivity index (χ2v) is 5.20. The number of hydrogen-bond donors (Lipinski definition) is 1. The first-order chi connectivity index (χ1) is 8.43. The summed E-state index contributed by atoms with van der Waals surface area (Å²) in [6.07, 6.45) is -0.890. The summed E-state index contributed by atoms with van der Waals surface area (Å²) in [4.78, 5) is 0. The zero-order valence-electron chi connectivity index (χ0n) is 12.0. The minimum Gasteiger partial charge on any atom is -0.465 e. The van der Waals surface area contributed by atoms with E-state index in [2.05, 4.69) is 27.7 Å². The molecule has 0 radical (unpaired) electrons. The van der Waals surface area contributed by atoms with Gasteiger partial charge in [0.25, 0.3) is 0 Å². The molecule has 0 saturated carbocycles. The summed E-state index contributed by atoms with van der Waals surface area (Å²) in [6.45, 7) is 10.5. The zero-order chi connectivity index (χ0) is 13.7. The maximum absolute atomic E-state index is 10.0. The van der Waals surface area contributed by atoms with Crippen molar-refractivity contribution in [2.24, 2.45) is 11.8 Å². The SMILES string of the molecule is CC(OC(O)c1ccccc1)=C(C(C)C)C(C)C. The first-order valence-electron chi connectivity index (χ1n) is 6.53. The van der Waals surface area contributed by atoms with Crippen LogP contribution < -0.4 is 0 Å². The normalized spacial score (nSPS) is 12.7. The molecule has 0 bridgehead atoms. The highest BCUT2D eigenvalue weighted by Gasteiger charge is 2.16. The second-order valence-electron chi connectivity index (χ2n) is 5.20. The van der Waals surface area contributed by atoms with Crippen LogP contribution in [0.5, 0.6) is 0 Å². The summed E-state index contributed by atoms with van der Waals surface area (Å²) in [5.41, 5.74) is 2.04. The van der Waals surface area contributed by atoms with Crippen molar-refractivity contribution in [1.82, 2.24) is 0 Å². The lowest BCUT2D eigenvalue weighted by atomic mass is 9.91. The second kappa shape index (κ2) is 6.60. The van der Waals surface area contributed by atoms with Crippen LogP contribution >= 0.6 is 0 Å². The van der Waals surface area contributed by atoms with Crippen LogP contribution in [0.3, 0.4) is 0 Å². The topological polar surface area (TPSA) is 29.5 Å². The molecule has 0 aliphatic carbocycles. The molecule has 1 rings (SSSR count). The monoisotopic (exact) mass is 248 g/mol. The Morgan fingerprint density at radius 1 is 1.00 bits per heavy atom. The Morgan fingerprint density at radius 3 is 1.94 bits per heavy atom. The number of aliphatic hydroxyl groups excluding tert-OH is 1. The molecule has 0 aliphatic heterocycles. The Labute approximate surface area is 110 Å². The highest BCUT2D eigenvalue weighted by molar-refractivity contribution is 5.17. The fourth-order valence-corrected chi connectivity index (χ4v) is 2.40. The highest BCUT2D eigenvalue weighted by Crippen LogP contribution is 2.27. The number of benzene rings is 1. The third-order valence-electron chi connectivity index (χ3n) is 3.02. The van der Waals surface area contributed by atoms with Crippen molar-refractivity contribution < 1.29 is 9.84 Å². The zero-order valence-corrected chi connectivity index (χ0v) is 12.0. The first kappa shape index (κ1) is 14.8. The summed E-state index contributed by atoms with van der Waals surface area (Å²) >= 11 is 0. The van der Waals surface area contributed by atoms with Gasteiger partial charge in [-0.15, -0.1) is 0 Å². The van der Waals surface area contributed by atoms with Crippen molar-refractivity contribution in [2.45, 2.75) is 40.9 Å². The van der Waals surface area contributed by atoms with Gasteiger partial charge in [-0.1, -0.05) is 58.0 Å². The average Bonchev–Trinajstić information content (AvgIpc) is 2.28. The van der Waals surface area contributed by atoms with Gasteiger partial charge in [0.15, 0.2) is 0 Å². The largest absolute Gasteiger partial charge is 0.465 e. The van der Waals surface area contributed by atoms with Crippen LogP contribution in [0.15, 0.2) is 41.7 Å². The molecule has 1 aromatic rings. The van der Waals surface area contributed by atoms with Gasteiger partial charge in [0.05, 0.1) is 5.76 Å². The molecule has 18 heavy (non-hydrogen) atoms. The Morgan fingerprint density at radius 2 is 1.50 bits per heavy atom. The molecular weight excluding hydrogens is 224 g/mol. The van der Waals surface area contributed by atoms with Gasteiger partial charge in [-0.3, -0.25) is 0 Å². The van der Waals surface area contributed by atoms with E-state index in [0.29, 0.717) is 11.8 Å². The van der Waals surface area contributed by atoms with Gasteiger partial charge in [-0.25, -0.2) is 0 Å². The number of rotatable bonds is 5. The van der Waals surface area contributed by atoms with Gasteiger partial charge >= 0.3 is 0 Å². The number of allylic oxidation sites excluding steroid dienone is 2. The van der Waals surface area contributed by atoms with E-state index >= 15 is 0 Å². The summed E-state index contributed by atoms with van der Waals surface area (Å²) in [5.74, 6) is 1.68. The fraction of sp³-hybridized carbons (Fsp3) is 0.500. The van der Waals surface area contributed by atoms with E-state index in [1.54, 1.807) is 0 Å². The van der Waals surface area contributed by atoms with E-state index in [4.69, 9.17) is 4.74 Å². The lowest BCUT2D eigenvalue weighted by molar-refractivity contribution is -0.0694.